The third-order valence-corrected chi connectivity index (χ3v) is 5.47. The highest BCUT2D eigenvalue weighted by molar-refractivity contribution is 5.81. The molecule has 32 heavy (non-hydrogen) atoms. The van der Waals surface area contributed by atoms with Crippen molar-refractivity contribution >= 4 is 12.1 Å². The monoisotopic (exact) mass is 439 g/mol. The normalized spacial score (nSPS) is 13.2. The molecule has 1 atom stereocenters. The molecular weight excluding hydrogens is 420 g/mol. The number of fused-ring (bicyclic) bond motifs is 3. The number of ether oxygens (including phenoxy) is 1. The predicted octanol–water partition coefficient (Wildman–Crippen LogP) is 4.20. The van der Waals surface area contributed by atoms with Gasteiger partial charge in [-0.3, -0.25) is 0 Å². The van der Waals surface area contributed by atoms with Crippen molar-refractivity contribution in [2.24, 2.45) is 0 Å². The zero-order valence-electron chi connectivity index (χ0n) is 16.7. The quantitative estimate of drug-likeness (QED) is 0.535. The van der Waals surface area contributed by atoms with Crippen molar-refractivity contribution in [3.63, 3.8) is 0 Å². The van der Waals surface area contributed by atoms with Gasteiger partial charge in [0.1, 0.15) is 18.5 Å². The van der Waals surface area contributed by atoms with E-state index in [1.54, 1.807) is 0 Å². The van der Waals surface area contributed by atoms with Gasteiger partial charge < -0.3 is 20.3 Å². The zero-order chi connectivity index (χ0) is 22.8. The zero-order valence-corrected chi connectivity index (χ0v) is 16.7. The summed E-state index contributed by atoms with van der Waals surface area (Å²) in [4.78, 5) is 23.9. The van der Waals surface area contributed by atoms with Gasteiger partial charge in [0.25, 0.3) is 0 Å². The standard InChI is InChI=1S/C24H19F2NO5/c25-19-11-20(26)22(28)10-13(19)9-21(23(29)30)27-24(31)32-12-18-16-7-3-1-5-14(16)15-6-2-4-8-17(15)18/h1-8,10-11,18,21,28H,9,12H2,(H,27,31)(H,29,30)/t21-/m0/s1. The number of rotatable bonds is 6. The maximum atomic E-state index is 13.9. The summed E-state index contributed by atoms with van der Waals surface area (Å²) in [6.45, 7) is -0.0160. The van der Waals surface area contributed by atoms with Crippen LogP contribution in [0.5, 0.6) is 5.75 Å². The Labute approximate surface area is 182 Å². The van der Waals surface area contributed by atoms with Crippen LogP contribution in [0.4, 0.5) is 13.6 Å². The second-order valence-corrected chi connectivity index (χ2v) is 7.46. The number of carbonyl (C=O) groups is 2. The Kier molecular flexibility index (Phi) is 5.77. The van der Waals surface area contributed by atoms with Crippen molar-refractivity contribution in [2.45, 2.75) is 18.4 Å². The largest absolute Gasteiger partial charge is 0.505 e. The number of hydrogen-bond acceptors (Lipinski definition) is 4. The molecule has 0 spiro atoms. The number of amides is 1. The lowest BCUT2D eigenvalue weighted by Crippen LogP contribution is -2.43. The van der Waals surface area contributed by atoms with E-state index in [0.29, 0.717) is 6.07 Å². The summed E-state index contributed by atoms with van der Waals surface area (Å²) in [7, 11) is 0. The van der Waals surface area contributed by atoms with E-state index >= 15 is 0 Å². The van der Waals surface area contributed by atoms with E-state index in [9.17, 15) is 28.6 Å². The third-order valence-electron chi connectivity index (χ3n) is 5.47. The van der Waals surface area contributed by atoms with Gasteiger partial charge in [-0.1, -0.05) is 48.5 Å². The maximum Gasteiger partial charge on any atom is 0.407 e. The van der Waals surface area contributed by atoms with Crippen LogP contribution in [0.25, 0.3) is 11.1 Å². The molecule has 1 amide bonds. The fraction of sp³-hybridized carbons (Fsp3) is 0.167. The van der Waals surface area contributed by atoms with Gasteiger partial charge in [0.2, 0.25) is 0 Å². The summed E-state index contributed by atoms with van der Waals surface area (Å²) in [6.07, 6.45) is -1.48. The van der Waals surface area contributed by atoms with Gasteiger partial charge in [0.05, 0.1) is 0 Å². The molecule has 1 aliphatic rings. The number of phenols is 1. The second kappa shape index (κ2) is 8.66. The van der Waals surface area contributed by atoms with Gasteiger partial charge in [-0.25, -0.2) is 18.4 Å². The first-order valence-corrected chi connectivity index (χ1v) is 9.86. The molecule has 3 aromatic carbocycles. The number of carboxylic acids is 1. The molecule has 0 unspecified atom stereocenters. The van der Waals surface area contributed by atoms with Crippen LogP contribution in [-0.2, 0) is 16.0 Å². The highest BCUT2D eigenvalue weighted by Gasteiger charge is 2.30. The summed E-state index contributed by atoms with van der Waals surface area (Å²) in [6, 6.07) is 15.2. The van der Waals surface area contributed by atoms with E-state index in [1.807, 2.05) is 48.5 Å². The molecule has 0 bridgehead atoms. The molecule has 0 aromatic heterocycles. The van der Waals surface area contributed by atoms with E-state index in [-0.39, 0.29) is 18.1 Å². The van der Waals surface area contributed by atoms with Crippen LogP contribution in [0.1, 0.15) is 22.6 Å². The smallest absolute Gasteiger partial charge is 0.407 e. The molecule has 0 saturated heterocycles. The Bertz CT molecular complexity index is 1150. The van der Waals surface area contributed by atoms with Gasteiger partial charge in [0, 0.05) is 18.4 Å². The number of carboxylic acid groups (broad SMARTS) is 1. The van der Waals surface area contributed by atoms with Crippen molar-refractivity contribution in [1.82, 2.24) is 5.32 Å². The minimum atomic E-state index is -1.54. The van der Waals surface area contributed by atoms with E-state index in [1.165, 1.54) is 0 Å². The second-order valence-electron chi connectivity index (χ2n) is 7.46. The molecule has 0 fully saturated rings. The fourth-order valence-electron chi connectivity index (χ4n) is 3.94. The van der Waals surface area contributed by atoms with Crippen molar-refractivity contribution < 1.29 is 33.3 Å². The van der Waals surface area contributed by atoms with Gasteiger partial charge in [-0.05, 0) is 33.9 Å². The number of hydrogen-bond donors (Lipinski definition) is 3. The van der Waals surface area contributed by atoms with Crippen LogP contribution in [0.2, 0.25) is 0 Å². The molecule has 0 radical (unpaired) electrons. The van der Waals surface area contributed by atoms with Crippen LogP contribution in [0.3, 0.4) is 0 Å². The summed E-state index contributed by atoms with van der Waals surface area (Å²) in [5.74, 6) is -4.64. The molecular formula is C24H19F2NO5. The van der Waals surface area contributed by atoms with Crippen LogP contribution in [0.15, 0.2) is 60.7 Å². The number of phenolic OH excluding ortho intramolecular Hbond substituents is 1. The maximum absolute atomic E-state index is 13.9. The van der Waals surface area contributed by atoms with Gasteiger partial charge in [-0.2, -0.15) is 0 Å². The molecule has 0 aliphatic heterocycles. The fourth-order valence-corrected chi connectivity index (χ4v) is 3.94. The summed E-state index contributed by atoms with van der Waals surface area (Å²) in [5, 5.41) is 21.0. The third kappa shape index (κ3) is 4.12. The molecule has 0 heterocycles. The minimum Gasteiger partial charge on any atom is -0.505 e. The molecule has 8 heteroatoms. The molecule has 6 nitrogen and oxygen atoms in total. The highest BCUT2D eigenvalue weighted by atomic mass is 19.1. The lowest BCUT2D eigenvalue weighted by atomic mass is 9.98. The first-order valence-electron chi connectivity index (χ1n) is 9.86. The van der Waals surface area contributed by atoms with Crippen LogP contribution in [-0.4, -0.2) is 34.9 Å². The SMILES string of the molecule is O=C(N[C@@H](Cc1cc(O)c(F)cc1F)C(=O)O)OCC1c2ccccc2-c2ccccc21. The topological polar surface area (TPSA) is 95.9 Å². The van der Waals surface area contributed by atoms with E-state index in [4.69, 9.17) is 4.74 Å². The molecule has 4 rings (SSSR count). The number of nitrogens with one attached hydrogen (secondary N) is 1. The lowest BCUT2D eigenvalue weighted by molar-refractivity contribution is -0.139. The molecule has 0 saturated carbocycles. The summed E-state index contributed by atoms with van der Waals surface area (Å²) >= 11 is 0. The highest BCUT2D eigenvalue weighted by Crippen LogP contribution is 2.44. The van der Waals surface area contributed by atoms with Gasteiger partial charge >= 0.3 is 12.1 Å². The number of aliphatic carboxylic acids is 1. The van der Waals surface area contributed by atoms with Crippen molar-refractivity contribution in [3.05, 3.63) is 89.0 Å². The Hall–Kier alpha value is -3.94. The average molecular weight is 439 g/mol. The number of halogens is 2. The van der Waals surface area contributed by atoms with Crippen LogP contribution >= 0.6 is 0 Å². The number of alkyl carbamates (subject to hydrolysis) is 1. The lowest BCUT2D eigenvalue weighted by Gasteiger charge is -2.18. The molecule has 3 N–H and O–H groups in total. The van der Waals surface area contributed by atoms with E-state index < -0.39 is 41.9 Å². The van der Waals surface area contributed by atoms with Crippen LogP contribution < -0.4 is 5.32 Å². The van der Waals surface area contributed by atoms with Crippen molar-refractivity contribution in [2.75, 3.05) is 6.61 Å². The van der Waals surface area contributed by atoms with Crippen molar-refractivity contribution in [1.29, 1.82) is 0 Å². The first-order chi connectivity index (χ1) is 15.3. The molecule has 1 aliphatic carbocycles. The Balaban J connectivity index is 1.45. The van der Waals surface area contributed by atoms with E-state index in [2.05, 4.69) is 5.32 Å². The Morgan fingerprint density at radius 1 is 0.969 bits per heavy atom. The molecule has 3 aromatic rings. The molecule has 164 valence electrons. The number of carbonyl (C=O) groups excluding carboxylic acids is 1. The van der Waals surface area contributed by atoms with Crippen molar-refractivity contribution in [3.8, 4) is 16.9 Å². The average Bonchev–Trinajstić information content (AvgIpc) is 3.09. The van der Waals surface area contributed by atoms with E-state index in [0.717, 1.165) is 28.3 Å². The Morgan fingerprint density at radius 2 is 1.56 bits per heavy atom. The van der Waals surface area contributed by atoms with Crippen LogP contribution in [0, 0.1) is 11.6 Å². The minimum absolute atomic E-state index is 0.0160. The van der Waals surface area contributed by atoms with Gasteiger partial charge in [-0.15, -0.1) is 0 Å². The number of benzene rings is 3. The first kappa shape index (κ1) is 21.3. The summed E-state index contributed by atoms with van der Waals surface area (Å²) < 4.78 is 32.5. The summed E-state index contributed by atoms with van der Waals surface area (Å²) in [5.41, 5.74) is 3.84. The number of aromatic hydroxyl groups is 1. The predicted molar refractivity (Wildman–Crippen MR) is 111 cm³/mol. The van der Waals surface area contributed by atoms with Gasteiger partial charge in [0.15, 0.2) is 11.6 Å². The Morgan fingerprint density at radius 3 is 2.16 bits per heavy atom.